The van der Waals surface area contributed by atoms with Gasteiger partial charge >= 0.3 is 5.97 Å². The van der Waals surface area contributed by atoms with Crippen molar-refractivity contribution in [1.82, 2.24) is 4.90 Å². The van der Waals surface area contributed by atoms with Gasteiger partial charge < -0.3 is 20.1 Å². The highest BCUT2D eigenvalue weighted by Gasteiger charge is 2.40. The molecular formula is C21H19BrF2N2O5. The Kier molecular flexibility index (Phi) is 7.34. The smallest absolute Gasteiger partial charge is 0.329 e. The van der Waals surface area contributed by atoms with E-state index < -0.39 is 48.2 Å². The Morgan fingerprint density at radius 1 is 1.16 bits per heavy atom. The number of halogens is 3. The minimum absolute atomic E-state index is 0.0647. The number of rotatable bonds is 6. The molecule has 2 aromatic rings. The quantitative estimate of drug-likeness (QED) is 0.598. The molecule has 0 radical (unpaired) electrons. The molecule has 0 aliphatic carbocycles. The summed E-state index contributed by atoms with van der Waals surface area (Å²) in [5, 5.41) is 12.2. The number of esters is 1. The van der Waals surface area contributed by atoms with Crippen molar-refractivity contribution >= 4 is 39.4 Å². The predicted octanol–water partition coefficient (Wildman–Crippen LogP) is 2.41. The number of amides is 2. The number of benzene rings is 2. The van der Waals surface area contributed by atoms with Crippen LogP contribution in [0.4, 0.5) is 14.5 Å². The number of anilines is 1. The molecule has 0 saturated carbocycles. The van der Waals surface area contributed by atoms with Gasteiger partial charge in [-0.15, -0.1) is 0 Å². The molecule has 1 aliphatic rings. The van der Waals surface area contributed by atoms with E-state index in [0.717, 1.165) is 4.90 Å². The molecular weight excluding hydrogens is 478 g/mol. The molecule has 164 valence electrons. The maximum Gasteiger partial charge on any atom is 0.329 e. The van der Waals surface area contributed by atoms with E-state index in [9.17, 15) is 28.3 Å². The Balaban J connectivity index is 1.58. The predicted molar refractivity (Wildman–Crippen MR) is 110 cm³/mol. The SMILES string of the molecule is O=C(COC(=O)[C@@H]1C[C@H](O)CN1C(=O)Cc1ccccc1F)Nc1ccc(Br)cc1F. The van der Waals surface area contributed by atoms with Gasteiger partial charge in [-0.25, -0.2) is 13.6 Å². The van der Waals surface area contributed by atoms with Gasteiger partial charge in [0.25, 0.3) is 5.91 Å². The van der Waals surface area contributed by atoms with E-state index >= 15 is 0 Å². The van der Waals surface area contributed by atoms with Gasteiger partial charge in [0.1, 0.15) is 17.7 Å². The molecule has 0 aromatic heterocycles. The van der Waals surface area contributed by atoms with Gasteiger partial charge in [0.05, 0.1) is 18.2 Å². The van der Waals surface area contributed by atoms with Gasteiger partial charge in [-0.3, -0.25) is 9.59 Å². The van der Waals surface area contributed by atoms with E-state index in [1.165, 1.54) is 36.4 Å². The van der Waals surface area contributed by atoms with Crippen LogP contribution in [0, 0.1) is 11.6 Å². The van der Waals surface area contributed by atoms with Crippen LogP contribution >= 0.6 is 15.9 Å². The first-order chi connectivity index (χ1) is 14.7. The largest absolute Gasteiger partial charge is 0.454 e. The average Bonchev–Trinajstić information content (AvgIpc) is 3.12. The molecule has 0 spiro atoms. The first kappa shape index (κ1) is 22.8. The summed E-state index contributed by atoms with van der Waals surface area (Å²) < 4.78 is 33.1. The monoisotopic (exact) mass is 496 g/mol. The molecule has 2 amide bonds. The standard InChI is InChI=1S/C21H19BrF2N2O5/c22-13-5-6-17(16(24)8-13)25-19(28)11-31-21(30)18-9-14(27)10-26(18)20(29)7-12-3-1-2-4-15(12)23/h1-6,8,14,18,27H,7,9-11H2,(H,25,28)/t14-,18-/m0/s1. The van der Waals surface area contributed by atoms with E-state index in [4.69, 9.17) is 4.74 Å². The Labute approximate surface area is 185 Å². The van der Waals surface area contributed by atoms with Crippen molar-refractivity contribution in [2.45, 2.75) is 25.0 Å². The maximum absolute atomic E-state index is 13.8. The molecule has 3 rings (SSSR count). The fourth-order valence-electron chi connectivity index (χ4n) is 3.23. The molecule has 2 atom stereocenters. The van der Waals surface area contributed by atoms with Crippen LogP contribution in [-0.2, 0) is 25.5 Å². The third kappa shape index (κ3) is 5.86. The number of nitrogens with one attached hydrogen (secondary N) is 1. The molecule has 2 N–H and O–H groups in total. The van der Waals surface area contributed by atoms with Crippen molar-refractivity contribution in [1.29, 1.82) is 0 Å². The number of aliphatic hydroxyl groups excluding tert-OH is 1. The average molecular weight is 497 g/mol. The Bertz CT molecular complexity index is 1000. The first-order valence-corrected chi connectivity index (χ1v) is 10.2. The fourth-order valence-corrected chi connectivity index (χ4v) is 3.56. The van der Waals surface area contributed by atoms with Crippen LogP contribution in [0.5, 0.6) is 0 Å². The third-order valence-corrected chi connectivity index (χ3v) is 5.21. The van der Waals surface area contributed by atoms with Gasteiger partial charge in [0, 0.05) is 17.4 Å². The molecule has 7 nitrogen and oxygen atoms in total. The molecule has 1 heterocycles. The number of carbonyl (C=O) groups is 3. The minimum Gasteiger partial charge on any atom is -0.454 e. The third-order valence-electron chi connectivity index (χ3n) is 4.72. The lowest BCUT2D eigenvalue weighted by Gasteiger charge is -2.23. The molecule has 31 heavy (non-hydrogen) atoms. The number of β-amino-alcohol motifs (C(OH)–C–C–N with tert-alkyl or cyclic N) is 1. The van der Waals surface area contributed by atoms with Crippen LogP contribution in [0.1, 0.15) is 12.0 Å². The van der Waals surface area contributed by atoms with Gasteiger partial charge in [0.2, 0.25) is 5.91 Å². The van der Waals surface area contributed by atoms with Crippen LogP contribution in [0.25, 0.3) is 0 Å². The Hall–Kier alpha value is -2.85. The van der Waals surface area contributed by atoms with Crippen molar-refractivity contribution in [2.24, 2.45) is 0 Å². The number of hydrogen-bond donors (Lipinski definition) is 2. The number of carbonyl (C=O) groups excluding carboxylic acids is 3. The first-order valence-electron chi connectivity index (χ1n) is 9.37. The molecule has 0 bridgehead atoms. The number of nitrogens with zero attached hydrogens (tertiary/aromatic N) is 1. The summed E-state index contributed by atoms with van der Waals surface area (Å²) in [6, 6.07) is 8.70. The molecule has 1 saturated heterocycles. The summed E-state index contributed by atoms with van der Waals surface area (Å²) in [5.41, 5.74) is 0.0825. The summed E-state index contributed by atoms with van der Waals surface area (Å²) in [5.74, 6) is -3.42. The Morgan fingerprint density at radius 3 is 2.61 bits per heavy atom. The zero-order valence-corrected chi connectivity index (χ0v) is 17.8. The zero-order valence-electron chi connectivity index (χ0n) is 16.2. The summed E-state index contributed by atoms with van der Waals surface area (Å²) in [6.45, 7) is -0.806. The molecule has 1 aliphatic heterocycles. The maximum atomic E-state index is 13.8. The van der Waals surface area contributed by atoms with Crippen LogP contribution < -0.4 is 5.32 Å². The Morgan fingerprint density at radius 2 is 1.90 bits per heavy atom. The summed E-state index contributed by atoms with van der Waals surface area (Å²) in [4.78, 5) is 38.1. The highest BCUT2D eigenvalue weighted by atomic mass is 79.9. The van der Waals surface area contributed by atoms with Crippen molar-refractivity contribution < 1.29 is 33.0 Å². The highest BCUT2D eigenvalue weighted by Crippen LogP contribution is 2.22. The van der Waals surface area contributed by atoms with Gasteiger partial charge in [-0.05, 0) is 29.8 Å². The second-order valence-corrected chi connectivity index (χ2v) is 7.92. The number of aliphatic hydroxyl groups is 1. The van der Waals surface area contributed by atoms with Crippen molar-refractivity contribution in [3.8, 4) is 0 Å². The summed E-state index contributed by atoms with van der Waals surface area (Å²) >= 11 is 3.10. The topological polar surface area (TPSA) is 95.9 Å². The summed E-state index contributed by atoms with van der Waals surface area (Å²) in [7, 11) is 0. The lowest BCUT2D eigenvalue weighted by atomic mass is 10.1. The molecule has 2 aromatic carbocycles. The molecule has 0 unspecified atom stereocenters. The van der Waals surface area contributed by atoms with Crippen LogP contribution in [0.2, 0.25) is 0 Å². The van der Waals surface area contributed by atoms with Gasteiger partial charge in [-0.1, -0.05) is 34.1 Å². The van der Waals surface area contributed by atoms with E-state index in [1.54, 1.807) is 6.07 Å². The zero-order chi connectivity index (χ0) is 22.5. The lowest BCUT2D eigenvalue weighted by Crippen LogP contribution is -2.43. The number of ether oxygens (including phenoxy) is 1. The van der Waals surface area contributed by atoms with Crippen molar-refractivity contribution in [2.75, 3.05) is 18.5 Å². The number of hydrogen-bond acceptors (Lipinski definition) is 5. The van der Waals surface area contributed by atoms with Crippen molar-refractivity contribution in [3.63, 3.8) is 0 Å². The van der Waals surface area contributed by atoms with E-state index in [-0.39, 0.29) is 30.6 Å². The van der Waals surface area contributed by atoms with Crippen LogP contribution in [0.3, 0.4) is 0 Å². The van der Waals surface area contributed by atoms with Crippen LogP contribution in [-0.4, -0.2) is 53.1 Å². The number of likely N-dealkylation sites (tertiary alicyclic amines) is 1. The lowest BCUT2D eigenvalue weighted by molar-refractivity contribution is -0.155. The van der Waals surface area contributed by atoms with E-state index in [0.29, 0.717) is 4.47 Å². The van der Waals surface area contributed by atoms with Crippen LogP contribution in [0.15, 0.2) is 46.9 Å². The van der Waals surface area contributed by atoms with Crippen molar-refractivity contribution in [3.05, 3.63) is 64.1 Å². The fraction of sp³-hybridized carbons (Fsp3) is 0.286. The minimum atomic E-state index is -1.11. The second-order valence-electron chi connectivity index (χ2n) is 7.00. The molecule has 1 fully saturated rings. The second kappa shape index (κ2) is 9.97. The molecule has 10 heteroatoms. The van der Waals surface area contributed by atoms with E-state index in [2.05, 4.69) is 21.2 Å². The van der Waals surface area contributed by atoms with Gasteiger partial charge in [-0.2, -0.15) is 0 Å². The van der Waals surface area contributed by atoms with Gasteiger partial charge in [0.15, 0.2) is 6.61 Å². The summed E-state index contributed by atoms with van der Waals surface area (Å²) in [6.07, 6.45) is -1.30. The van der Waals surface area contributed by atoms with E-state index in [1.807, 2.05) is 0 Å². The highest BCUT2D eigenvalue weighted by molar-refractivity contribution is 9.10. The normalized spacial score (nSPS) is 18.0.